The standard InChI is InChI=1S/C17H15N3O3/c1-22-14-10-8-12(9-11-14)15-18-17(23-2)19-20(15)16(21)13-6-4-3-5-7-13/h3-11H,1-2H3. The molecule has 0 radical (unpaired) electrons. The van der Waals surface area contributed by atoms with E-state index in [2.05, 4.69) is 10.1 Å². The summed E-state index contributed by atoms with van der Waals surface area (Å²) in [5.74, 6) is 0.867. The largest absolute Gasteiger partial charge is 0.497 e. The Bertz CT molecular complexity index is 811. The molecule has 0 unspecified atom stereocenters. The third kappa shape index (κ3) is 2.91. The molecule has 1 heterocycles. The van der Waals surface area contributed by atoms with Gasteiger partial charge in [-0.05, 0) is 36.4 Å². The molecule has 0 amide bonds. The van der Waals surface area contributed by atoms with Crippen LogP contribution in [0.4, 0.5) is 0 Å². The van der Waals surface area contributed by atoms with E-state index < -0.39 is 0 Å². The topological polar surface area (TPSA) is 66.2 Å². The fourth-order valence-electron chi connectivity index (χ4n) is 2.15. The van der Waals surface area contributed by atoms with Crippen molar-refractivity contribution in [3.63, 3.8) is 0 Å². The van der Waals surface area contributed by atoms with Crippen LogP contribution in [0.25, 0.3) is 11.4 Å². The predicted octanol–water partition coefficient (Wildman–Crippen LogP) is 2.65. The molecule has 23 heavy (non-hydrogen) atoms. The zero-order valence-corrected chi connectivity index (χ0v) is 12.8. The summed E-state index contributed by atoms with van der Waals surface area (Å²) in [6.07, 6.45) is 0. The third-order valence-electron chi connectivity index (χ3n) is 3.33. The maximum Gasteiger partial charge on any atom is 0.336 e. The number of carbonyl (C=O) groups excluding carboxylic acids is 1. The molecule has 2 aromatic carbocycles. The number of rotatable bonds is 4. The fourth-order valence-corrected chi connectivity index (χ4v) is 2.15. The average molecular weight is 309 g/mol. The Balaban J connectivity index is 2.06. The molecule has 0 saturated carbocycles. The van der Waals surface area contributed by atoms with Crippen LogP contribution in [0, 0.1) is 0 Å². The maximum absolute atomic E-state index is 12.7. The van der Waals surface area contributed by atoms with Crippen LogP contribution < -0.4 is 9.47 Å². The first-order valence-electron chi connectivity index (χ1n) is 6.98. The van der Waals surface area contributed by atoms with Crippen molar-refractivity contribution < 1.29 is 14.3 Å². The molecule has 0 spiro atoms. The van der Waals surface area contributed by atoms with E-state index in [1.54, 1.807) is 43.5 Å². The van der Waals surface area contributed by atoms with Gasteiger partial charge in [0.05, 0.1) is 14.2 Å². The minimum atomic E-state index is -0.271. The van der Waals surface area contributed by atoms with Gasteiger partial charge < -0.3 is 9.47 Å². The van der Waals surface area contributed by atoms with Gasteiger partial charge in [-0.15, -0.1) is 5.10 Å². The molecule has 1 aromatic heterocycles. The van der Waals surface area contributed by atoms with Gasteiger partial charge in [0.2, 0.25) is 0 Å². The van der Waals surface area contributed by atoms with Crippen molar-refractivity contribution in [3.8, 4) is 23.1 Å². The summed E-state index contributed by atoms with van der Waals surface area (Å²) >= 11 is 0. The van der Waals surface area contributed by atoms with E-state index >= 15 is 0 Å². The number of aromatic nitrogens is 3. The molecule has 0 aliphatic heterocycles. The van der Waals surface area contributed by atoms with Gasteiger partial charge in [-0.3, -0.25) is 4.79 Å². The van der Waals surface area contributed by atoms with E-state index in [1.165, 1.54) is 11.8 Å². The summed E-state index contributed by atoms with van der Waals surface area (Å²) in [4.78, 5) is 16.9. The van der Waals surface area contributed by atoms with E-state index in [4.69, 9.17) is 9.47 Å². The Morgan fingerprint density at radius 3 is 2.26 bits per heavy atom. The molecule has 3 aromatic rings. The van der Waals surface area contributed by atoms with Gasteiger partial charge in [0.25, 0.3) is 5.91 Å². The Labute approximate surface area is 133 Å². The molecule has 6 heteroatoms. The lowest BCUT2D eigenvalue weighted by molar-refractivity contribution is 0.0945. The second kappa shape index (κ2) is 6.31. The molecule has 0 atom stereocenters. The number of hydrogen-bond acceptors (Lipinski definition) is 5. The third-order valence-corrected chi connectivity index (χ3v) is 3.33. The zero-order valence-electron chi connectivity index (χ0n) is 12.8. The highest BCUT2D eigenvalue weighted by Gasteiger charge is 2.19. The normalized spacial score (nSPS) is 10.3. The molecule has 0 aliphatic carbocycles. The number of carbonyl (C=O) groups is 1. The van der Waals surface area contributed by atoms with Crippen molar-refractivity contribution in [2.75, 3.05) is 14.2 Å². The summed E-state index contributed by atoms with van der Waals surface area (Å²) < 4.78 is 11.5. The Hall–Kier alpha value is -3.15. The molecule has 0 N–H and O–H groups in total. The van der Waals surface area contributed by atoms with E-state index in [1.807, 2.05) is 18.2 Å². The highest BCUT2D eigenvalue weighted by Crippen LogP contribution is 2.23. The molecular formula is C17H15N3O3. The number of hydrogen-bond donors (Lipinski definition) is 0. The fraction of sp³-hybridized carbons (Fsp3) is 0.118. The van der Waals surface area contributed by atoms with E-state index in [-0.39, 0.29) is 11.9 Å². The van der Waals surface area contributed by atoms with Gasteiger partial charge >= 0.3 is 6.01 Å². The predicted molar refractivity (Wildman–Crippen MR) is 84.7 cm³/mol. The lowest BCUT2D eigenvalue weighted by Crippen LogP contribution is -2.15. The van der Waals surface area contributed by atoms with E-state index in [0.717, 1.165) is 11.3 Å². The quantitative estimate of drug-likeness (QED) is 0.741. The van der Waals surface area contributed by atoms with Crippen molar-refractivity contribution in [1.82, 2.24) is 14.8 Å². The summed E-state index contributed by atoms with van der Waals surface area (Å²) in [6.45, 7) is 0. The number of nitrogens with zero attached hydrogens (tertiary/aromatic N) is 3. The molecular weight excluding hydrogens is 294 g/mol. The van der Waals surface area contributed by atoms with Gasteiger partial charge in [-0.1, -0.05) is 18.2 Å². The van der Waals surface area contributed by atoms with E-state index in [0.29, 0.717) is 11.4 Å². The Morgan fingerprint density at radius 2 is 1.65 bits per heavy atom. The highest BCUT2D eigenvalue weighted by atomic mass is 16.5. The van der Waals surface area contributed by atoms with Crippen LogP contribution in [-0.4, -0.2) is 34.9 Å². The number of benzene rings is 2. The van der Waals surface area contributed by atoms with Crippen molar-refractivity contribution in [1.29, 1.82) is 0 Å². The van der Waals surface area contributed by atoms with Gasteiger partial charge in [0.15, 0.2) is 5.82 Å². The minimum Gasteiger partial charge on any atom is -0.497 e. The maximum atomic E-state index is 12.7. The van der Waals surface area contributed by atoms with Crippen molar-refractivity contribution in [2.45, 2.75) is 0 Å². The van der Waals surface area contributed by atoms with Gasteiger partial charge in [0.1, 0.15) is 5.75 Å². The Morgan fingerprint density at radius 1 is 0.957 bits per heavy atom. The van der Waals surface area contributed by atoms with Crippen LogP contribution >= 0.6 is 0 Å². The summed E-state index contributed by atoms with van der Waals surface area (Å²) in [7, 11) is 3.06. The average Bonchev–Trinajstić information content (AvgIpc) is 3.06. The zero-order chi connectivity index (χ0) is 16.2. The lowest BCUT2D eigenvalue weighted by Gasteiger charge is -2.05. The second-order valence-corrected chi connectivity index (χ2v) is 4.73. The lowest BCUT2D eigenvalue weighted by atomic mass is 10.2. The molecule has 0 aliphatic rings. The molecule has 0 bridgehead atoms. The summed E-state index contributed by atoms with van der Waals surface area (Å²) in [5.41, 5.74) is 1.26. The molecule has 0 saturated heterocycles. The van der Waals surface area contributed by atoms with Gasteiger partial charge in [-0.25, -0.2) is 0 Å². The van der Waals surface area contributed by atoms with Crippen molar-refractivity contribution in [2.24, 2.45) is 0 Å². The van der Waals surface area contributed by atoms with Crippen LogP contribution in [0.5, 0.6) is 11.8 Å². The monoisotopic (exact) mass is 309 g/mol. The van der Waals surface area contributed by atoms with E-state index in [9.17, 15) is 4.79 Å². The molecule has 0 fully saturated rings. The van der Waals surface area contributed by atoms with Gasteiger partial charge in [-0.2, -0.15) is 9.67 Å². The number of methoxy groups -OCH3 is 2. The van der Waals surface area contributed by atoms with Crippen molar-refractivity contribution in [3.05, 3.63) is 60.2 Å². The van der Waals surface area contributed by atoms with Crippen LogP contribution in [0.2, 0.25) is 0 Å². The minimum absolute atomic E-state index is 0.139. The first-order valence-corrected chi connectivity index (χ1v) is 6.98. The van der Waals surface area contributed by atoms with Crippen LogP contribution in [0.3, 0.4) is 0 Å². The van der Waals surface area contributed by atoms with Crippen LogP contribution in [0.1, 0.15) is 10.4 Å². The summed E-state index contributed by atoms with van der Waals surface area (Å²) in [5, 5.41) is 4.13. The highest BCUT2D eigenvalue weighted by molar-refractivity contribution is 5.97. The van der Waals surface area contributed by atoms with Crippen LogP contribution in [-0.2, 0) is 0 Å². The van der Waals surface area contributed by atoms with Crippen molar-refractivity contribution >= 4 is 5.91 Å². The first-order chi connectivity index (χ1) is 11.2. The second-order valence-electron chi connectivity index (χ2n) is 4.73. The SMILES string of the molecule is COc1ccc(-c2nc(OC)nn2C(=O)c2ccccc2)cc1. The molecule has 6 nitrogen and oxygen atoms in total. The molecule has 116 valence electrons. The smallest absolute Gasteiger partial charge is 0.336 e. The molecule has 3 rings (SSSR count). The van der Waals surface area contributed by atoms with Crippen LogP contribution in [0.15, 0.2) is 54.6 Å². The van der Waals surface area contributed by atoms with Gasteiger partial charge in [0, 0.05) is 11.1 Å². The Kier molecular flexibility index (Phi) is 4.05. The first kappa shape index (κ1) is 14.8. The number of ether oxygens (including phenoxy) is 2. The summed E-state index contributed by atoms with van der Waals surface area (Å²) in [6, 6.07) is 16.3.